The predicted molar refractivity (Wildman–Crippen MR) is 57.6 cm³/mol. The van der Waals surface area contributed by atoms with E-state index in [0.29, 0.717) is 5.33 Å². The van der Waals surface area contributed by atoms with Crippen molar-refractivity contribution in [3.8, 4) is 0 Å². The van der Waals surface area contributed by atoms with E-state index in [-0.39, 0.29) is 18.4 Å². The molecule has 4 nitrogen and oxygen atoms in total. The Kier molecular flexibility index (Phi) is 2.98. The van der Waals surface area contributed by atoms with Crippen LogP contribution in [0.3, 0.4) is 0 Å². The van der Waals surface area contributed by atoms with E-state index in [4.69, 9.17) is 0 Å². The molecule has 0 bridgehead atoms. The van der Waals surface area contributed by atoms with Gasteiger partial charge in [0, 0.05) is 17.8 Å². The highest BCUT2D eigenvalue weighted by molar-refractivity contribution is 9.09. The van der Waals surface area contributed by atoms with E-state index in [2.05, 4.69) is 15.9 Å². The lowest BCUT2D eigenvalue weighted by Gasteiger charge is -2.20. The molecule has 0 aromatic heterocycles. The number of amides is 1. The van der Waals surface area contributed by atoms with Crippen LogP contribution >= 0.6 is 15.9 Å². The third kappa shape index (κ3) is 1.82. The van der Waals surface area contributed by atoms with Crippen LogP contribution in [0.2, 0.25) is 0 Å². The van der Waals surface area contributed by atoms with Crippen LogP contribution in [0.15, 0.2) is 0 Å². The molecule has 1 fully saturated rings. The Morgan fingerprint density at radius 3 is 2.29 bits per heavy atom. The summed E-state index contributed by atoms with van der Waals surface area (Å²) in [6.07, 6.45) is 1.07. The molecule has 0 aliphatic carbocycles. The van der Waals surface area contributed by atoms with Gasteiger partial charge in [0.2, 0.25) is 15.9 Å². The van der Waals surface area contributed by atoms with E-state index in [1.54, 1.807) is 13.8 Å². The zero-order valence-electron chi connectivity index (χ0n) is 8.45. The number of carbonyl (C=O) groups is 1. The van der Waals surface area contributed by atoms with Gasteiger partial charge in [-0.2, -0.15) is 0 Å². The number of sulfonamides is 1. The van der Waals surface area contributed by atoms with Crippen LogP contribution in [0.5, 0.6) is 0 Å². The summed E-state index contributed by atoms with van der Waals surface area (Å²) in [5, 5.41) is 0.637. The molecular weight excluding hydrogens is 270 g/mol. The minimum absolute atomic E-state index is 0.0460. The fourth-order valence-electron chi connectivity index (χ4n) is 1.53. The number of alkyl halides is 1. The Balaban J connectivity index is 3.06. The van der Waals surface area contributed by atoms with Crippen LogP contribution in [0.25, 0.3) is 0 Å². The molecule has 0 radical (unpaired) electrons. The molecule has 1 amide bonds. The van der Waals surface area contributed by atoms with Crippen molar-refractivity contribution in [3.63, 3.8) is 0 Å². The Morgan fingerprint density at radius 1 is 1.57 bits per heavy atom. The topological polar surface area (TPSA) is 54.5 Å². The number of hydrogen-bond acceptors (Lipinski definition) is 3. The van der Waals surface area contributed by atoms with Gasteiger partial charge in [-0.05, 0) is 0 Å². The van der Waals surface area contributed by atoms with Gasteiger partial charge in [0.15, 0.2) is 0 Å². The highest BCUT2D eigenvalue weighted by Crippen LogP contribution is 2.38. The largest absolute Gasteiger partial charge is 0.273 e. The summed E-state index contributed by atoms with van der Waals surface area (Å²) in [6.45, 7) is 3.86. The highest BCUT2D eigenvalue weighted by atomic mass is 79.9. The van der Waals surface area contributed by atoms with Crippen molar-refractivity contribution in [3.05, 3.63) is 0 Å². The molecule has 1 aliphatic heterocycles. The van der Waals surface area contributed by atoms with Gasteiger partial charge in [0.1, 0.15) is 0 Å². The molecule has 82 valence electrons. The van der Waals surface area contributed by atoms with E-state index in [1.807, 2.05) is 0 Å². The number of halogens is 1. The Bertz CT molecular complexity index is 350. The van der Waals surface area contributed by atoms with Crippen molar-refractivity contribution in [1.82, 2.24) is 4.31 Å². The molecule has 0 aromatic rings. The van der Waals surface area contributed by atoms with Crippen molar-refractivity contribution in [1.29, 1.82) is 0 Å². The second-order valence-electron chi connectivity index (χ2n) is 4.17. The number of hydrogen-bond donors (Lipinski definition) is 0. The molecule has 1 rings (SSSR count). The summed E-state index contributed by atoms with van der Waals surface area (Å²) < 4.78 is 23.5. The van der Waals surface area contributed by atoms with Gasteiger partial charge in [-0.3, -0.25) is 4.79 Å². The minimum Gasteiger partial charge on any atom is -0.273 e. The lowest BCUT2D eigenvalue weighted by atomic mass is 9.83. The van der Waals surface area contributed by atoms with Crippen LogP contribution in [-0.2, 0) is 14.8 Å². The summed E-state index contributed by atoms with van der Waals surface area (Å²) >= 11 is 3.30. The second kappa shape index (κ2) is 3.48. The second-order valence-corrected chi connectivity index (χ2v) is 6.73. The first-order valence-corrected chi connectivity index (χ1v) is 7.26. The Hall–Kier alpha value is -0.100. The molecule has 1 aliphatic rings. The average Bonchev–Trinajstić information content (AvgIpc) is 2.23. The fraction of sp³-hybridized carbons (Fsp3) is 0.875. The van der Waals surface area contributed by atoms with Crippen molar-refractivity contribution in [2.75, 3.05) is 18.1 Å². The summed E-state index contributed by atoms with van der Waals surface area (Å²) in [7, 11) is -3.40. The van der Waals surface area contributed by atoms with Gasteiger partial charge in [-0.15, -0.1) is 0 Å². The van der Waals surface area contributed by atoms with E-state index in [9.17, 15) is 13.2 Å². The first-order valence-electron chi connectivity index (χ1n) is 4.29. The van der Waals surface area contributed by atoms with Gasteiger partial charge in [0.25, 0.3) is 0 Å². The molecule has 6 heteroatoms. The summed E-state index contributed by atoms with van der Waals surface area (Å²) in [4.78, 5) is 11.8. The Morgan fingerprint density at radius 2 is 2.07 bits per heavy atom. The molecule has 1 heterocycles. The van der Waals surface area contributed by atoms with Gasteiger partial charge >= 0.3 is 0 Å². The molecule has 0 aromatic carbocycles. The third-order valence-electron chi connectivity index (χ3n) is 2.77. The number of rotatable bonds is 2. The van der Waals surface area contributed by atoms with Crippen molar-refractivity contribution >= 4 is 31.9 Å². The van der Waals surface area contributed by atoms with E-state index in [1.165, 1.54) is 0 Å². The van der Waals surface area contributed by atoms with Crippen molar-refractivity contribution in [2.45, 2.75) is 13.8 Å². The zero-order chi connectivity index (χ0) is 11.1. The van der Waals surface area contributed by atoms with Crippen LogP contribution in [-0.4, -0.2) is 36.8 Å². The predicted octanol–water partition coefficient (Wildman–Crippen LogP) is 0.826. The standard InChI is InChI=1S/C8H14BrNO3S/c1-8(2)6(4-9)5-10(7(8)11)14(3,12)13/h6H,4-5H2,1-3H3. The molecular formula is C8H14BrNO3S. The normalized spacial score (nSPS) is 27.0. The lowest BCUT2D eigenvalue weighted by Crippen LogP contribution is -2.35. The summed E-state index contributed by atoms with van der Waals surface area (Å²) in [6, 6.07) is 0. The van der Waals surface area contributed by atoms with Gasteiger partial charge in [0.05, 0.1) is 11.7 Å². The smallest absolute Gasteiger partial charge is 0.242 e. The van der Waals surface area contributed by atoms with Gasteiger partial charge in [-0.25, -0.2) is 12.7 Å². The van der Waals surface area contributed by atoms with Gasteiger partial charge in [-0.1, -0.05) is 29.8 Å². The number of nitrogens with zero attached hydrogens (tertiary/aromatic N) is 1. The van der Waals surface area contributed by atoms with Gasteiger partial charge < -0.3 is 0 Å². The maximum Gasteiger partial charge on any atom is 0.242 e. The molecule has 1 unspecified atom stereocenters. The first-order chi connectivity index (χ1) is 6.21. The van der Waals surface area contributed by atoms with E-state index >= 15 is 0 Å². The van der Waals surface area contributed by atoms with Crippen LogP contribution in [0.1, 0.15) is 13.8 Å². The lowest BCUT2D eigenvalue weighted by molar-refractivity contribution is -0.131. The monoisotopic (exact) mass is 283 g/mol. The molecule has 14 heavy (non-hydrogen) atoms. The van der Waals surface area contributed by atoms with E-state index < -0.39 is 15.4 Å². The third-order valence-corrected chi connectivity index (χ3v) is 4.67. The molecule has 1 atom stereocenters. The van der Waals surface area contributed by atoms with Crippen LogP contribution in [0.4, 0.5) is 0 Å². The minimum atomic E-state index is -3.40. The fourth-order valence-corrected chi connectivity index (χ4v) is 3.54. The maximum absolute atomic E-state index is 11.8. The molecule has 0 N–H and O–H groups in total. The molecule has 1 saturated heterocycles. The highest BCUT2D eigenvalue weighted by Gasteiger charge is 2.49. The van der Waals surface area contributed by atoms with Crippen LogP contribution < -0.4 is 0 Å². The first kappa shape index (κ1) is 12.0. The zero-order valence-corrected chi connectivity index (χ0v) is 10.9. The van der Waals surface area contributed by atoms with Crippen LogP contribution in [0, 0.1) is 11.3 Å². The SMILES string of the molecule is CC1(C)C(=O)N(S(C)(=O)=O)CC1CBr. The number of carbonyl (C=O) groups excluding carboxylic acids is 1. The van der Waals surface area contributed by atoms with E-state index in [0.717, 1.165) is 10.6 Å². The maximum atomic E-state index is 11.8. The summed E-state index contributed by atoms with van der Waals surface area (Å²) in [5.41, 5.74) is -0.591. The average molecular weight is 284 g/mol. The Labute approximate surface area is 92.8 Å². The molecule has 0 saturated carbocycles. The van der Waals surface area contributed by atoms with Crippen molar-refractivity contribution in [2.24, 2.45) is 11.3 Å². The molecule has 0 spiro atoms. The summed E-state index contributed by atoms with van der Waals surface area (Å²) in [5.74, 6) is -0.255. The quantitative estimate of drug-likeness (QED) is 0.706. The van der Waals surface area contributed by atoms with Crippen molar-refractivity contribution < 1.29 is 13.2 Å².